The van der Waals surface area contributed by atoms with Gasteiger partial charge in [-0.25, -0.2) is 0 Å². The fraction of sp³-hybridized carbons (Fsp3) is 0.182. The molecular weight excluding hydrogens is 196 g/mol. The van der Waals surface area contributed by atoms with Crippen LogP contribution in [0.4, 0.5) is 0 Å². The van der Waals surface area contributed by atoms with Crippen LogP contribution in [0.3, 0.4) is 0 Å². The van der Waals surface area contributed by atoms with E-state index in [-0.39, 0.29) is 5.78 Å². The summed E-state index contributed by atoms with van der Waals surface area (Å²) in [4.78, 5) is 12.4. The zero-order chi connectivity index (χ0) is 9.97. The van der Waals surface area contributed by atoms with Gasteiger partial charge in [0.1, 0.15) is 11.5 Å². The number of thiophene rings is 1. The summed E-state index contributed by atoms with van der Waals surface area (Å²) in [6, 6.07) is 7.44. The summed E-state index contributed by atoms with van der Waals surface area (Å²) < 4.78 is 5.34. The molecule has 0 radical (unpaired) electrons. The fourth-order valence-corrected chi connectivity index (χ4v) is 1.93. The lowest BCUT2D eigenvalue weighted by atomic mass is 10.2. The van der Waals surface area contributed by atoms with Gasteiger partial charge in [-0.1, -0.05) is 6.07 Å². The molecule has 0 aliphatic carbocycles. The van der Waals surface area contributed by atoms with Gasteiger partial charge in [0.25, 0.3) is 0 Å². The molecule has 0 fully saturated rings. The maximum Gasteiger partial charge on any atom is 0.180 e. The highest BCUT2D eigenvalue weighted by Crippen LogP contribution is 2.14. The highest BCUT2D eigenvalue weighted by Gasteiger charge is 2.09. The third-order valence-electron chi connectivity index (χ3n) is 1.93. The lowest BCUT2D eigenvalue weighted by molar-refractivity contribution is 0.0990. The number of aryl methyl sites for hydroxylation is 1. The van der Waals surface area contributed by atoms with Crippen LogP contribution in [0.2, 0.25) is 0 Å². The first-order chi connectivity index (χ1) is 6.75. The number of hydrogen-bond donors (Lipinski definition) is 0. The van der Waals surface area contributed by atoms with E-state index in [4.69, 9.17) is 4.42 Å². The maximum atomic E-state index is 11.6. The predicted molar refractivity (Wildman–Crippen MR) is 55.8 cm³/mol. The molecule has 0 aliphatic heterocycles. The molecular formula is C11H10O2S. The lowest BCUT2D eigenvalue weighted by Gasteiger charge is -1.93. The average molecular weight is 206 g/mol. The van der Waals surface area contributed by atoms with Crippen LogP contribution in [-0.2, 0) is 6.42 Å². The van der Waals surface area contributed by atoms with Crippen molar-refractivity contribution in [2.45, 2.75) is 13.3 Å². The fourth-order valence-electron chi connectivity index (χ4n) is 1.26. The molecule has 0 aliphatic rings. The highest BCUT2D eigenvalue weighted by molar-refractivity contribution is 7.12. The molecule has 2 aromatic rings. The maximum absolute atomic E-state index is 11.6. The van der Waals surface area contributed by atoms with Gasteiger partial charge in [0, 0.05) is 0 Å². The van der Waals surface area contributed by atoms with Gasteiger partial charge < -0.3 is 4.42 Å². The molecule has 3 heteroatoms. The molecule has 0 atom stereocenters. The zero-order valence-electron chi connectivity index (χ0n) is 7.82. The van der Waals surface area contributed by atoms with Gasteiger partial charge in [0.15, 0.2) is 5.78 Å². The molecule has 0 saturated heterocycles. The number of carbonyl (C=O) groups is 1. The number of carbonyl (C=O) groups excluding carboxylic acids is 1. The normalized spacial score (nSPS) is 10.4. The van der Waals surface area contributed by atoms with Gasteiger partial charge >= 0.3 is 0 Å². The Morgan fingerprint density at radius 3 is 2.86 bits per heavy atom. The van der Waals surface area contributed by atoms with Crippen molar-refractivity contribution in [3.05, 3.63) is 46.0 Å². The summed E-state index contributed by atoms with van der Waals surface area (Å²) >= 11 is 1.47. The lowest BCUT2D eigenvalue weighted by Crippen LogP contribution is -1.99. The summed E-state index contributed by atoms with van der Waals surface area (Å²) in [5.74, 6) is 1.70. The van der Waals surface area contributed by atoms with E-state index in [1.54, 1.807) is 0 Å². The van der Waals surface area contributed by atoms with E-state index < -0.39 is 0 Å². The predicted octanol–water partition coefficient (Wildman–Crippen LogP) is 3.07. The number of hydrogen-bond acceptors (Lipinski definition) is 3. The molecule has 0 aromatic carbocycles. The standard InChI is InChI=1S/C11H10O2S/c1-8-4-5-9(13-8)7-10(12)11-3-2-6-14-11/h2-6H,7H2,1H3. The Balaban J connectivity index is 2.09. The molecule has 2 heterocycles. The second-order valence-electron chi connectivity index (χ2n) is 3.09. The van der Waals surface area contributed by atoms with Gasteiger partial charge in [-0.2, -0.15) is 0 Å². The highest BCUT2D eigenvalue weighted by atomic mass is 32.1. The molecule has 14 heavy (non-hydrogen) atoms. The second kappa shape index (κ2) is 3.80. The molecule has 0 amide bonds. The van der Waals surface area contributed by atoms with Crippen LogP contribution in [0, 0.1) is 6.92 Å². The van der Waals surface area contributed by atoms with Crippen molar-refractivity contribution in [1.29, 1.82) is 0 Å². The van der Waals surface area contributed by atoms with E-state index in [2.05, 4.69) is 0 Å². The third kappa shape index (κ3) is 1.93. The van der Waals surface area contributed by atoms with E-state index in [1.165, 1.54) is 11.3 Å². The molecule has 2 rings (SSSR count). The summed E-state index contributed by atoms with van der Waals surface area (Å²) in [6.07, 6.45) is 0.356. The first kappa shape index (κ1) is 9.21. The minimum Gasteiger partial charge on any atom is -0.466 e. The minimum atomic E-state index is 0.120. The van der Waals surface area contributed by atoms with E-state index in [9.17, 15) is 4.79 Å². The second-order valence-corrected chi connectivity index (χ2v) is 4.04. The SMILES string of the molecule is Cc1ccc(CC(=O)c2cccs2)o1. The Labute approximate surface area is 86.2 Å². The van der Waals surface area contributed by atoms with Crippen molar-refractivity contribution in [3.8, 4) is 0 Å². The molecule has 72 valence electrons. The smallest absolute Gasteiger partial charge is 0.180 e. The van der Waals surface area contributed by atoms with E-state index in [0.29, 0.717) is 6.42 Å². The van der Waals surface area contributed by atoms with Gasteiger partial charge in [-0.3, -0.25) is 4.79 Å². The van der Waals surface area contributed by atoms with Crippen LogP contribution in [-0.4, -0.2) is 5.78 Å². The third-order valence-corrected chi connectivity index (χ3v) is 2.84. The number of ketones is 1. The summed E-state index contributed by atoms with van der Waals surface area (Å²) in [6.45, 7) is 1.87. The van der Waals surface area contributed by atoms with Gasteiger partial charge in [-0.15, -0.1) is 11.3 Å². The largest absolute Gasteiger partial charge is 0.466 e. The Hall–Kier alpha value is -1.35. The van der Waals surface area contributed by atoms with Crippen LogP contribution in [0.15, 0.2) is 34.1 Å². The zero-order valence-corrected chi connectivity index (χ0v) is 8.64. The van der Waals surface area contributed by atoms with Crippen molar-refractivity contribution in [1.82, 2.24) is 0 Å². The number of rotatable bonds is 3. The minimum absolute atomic E-state index is 0.120. The van der Waals surface area contributed by atoms with Gasteiger partial charge in [0.2, 0.25) is 0 Å². The Morgan fingerprint density at radius 1 is 1.43 bits per heavy atom. The average Bonchev–Trinajstić information content (AvgIpc) is 2.75. The molecule has 0 spiro atoms. The molecule has 0 N–H and O–H groups in total. The molecule has 0 saturated carbocycles. The van der Waals surface area contributed by atoms with Crippen LogP contribution in [0.1, 0.15) is 21.2 Å². The summed E-state index contributed by atoms with van der Waals surface area (Å²) in [5.41, 5.74) is 0. The van der Waals surface area contributed by atoms with Crippen LogP contribution in [0.5, 0.6) is 0 Å². The quantitative estimate of drug-likeness (QED) is 0.722. The van der Waals surface area contributed by atoms with Crippen LogP contribution >= 0.6 is 11.3 Å². The monoisotopic (exact) mass is 206 g/mol. The summed E-state index contributed by atoms with van der Waals surface area (Å²) in [7, 11) is 0. The first-order valence-corrected chi connectivity index (χ1v) is 5.25. The van der Waals surface area contributed by atoms with Gasteiger partial charge in [-0.05, 0) is 30.5 Å². The first-order valence-electron chi connectivity index (χ1n) is 4.38. The van der Waals surface area contributed by atoms with E-state index >= 15 is 0 Å². The topological polar surface area (TPSA) is 30.2 Å². The van der Waals surface area contributed by atoms with E-state index in [1.807, 2.05) is 36.6 Å². The number of Topliss-reactive ketones (excluding diaryl/α,β-unsaturated/α-hetero) is 1. The Bertz CT molecular complexity index is 426. The summed E-state index contributed by atoms with van der Waals surface area (Å²) in [5, 5.41) is 1.90. The van der Waals surface area contributed by atoms with Crippen LogP contribution in [0.25, 0.3) is 0 Å². The number of furan rings is 1. The van der Waals surface area contributed by atoms with Crippen molar-refractivity contribution in [3.63, 3.8) is 0 Å². The van der Waals surface area contributed by atoms with Crippen LogP contribution < -0.4 is 0 Å². The van der Waals surface area contributed by atoms with Crippen molar-refractivity contribution in [2.75, 3.05) is 0 Å². The Kier molecular flexibility index (Phi) is 2.50. The molecule has 0 bridgehead atoms. The molecule has 0 unspecified atom stereocenters. The van der Waals surface area contributed by atoms with Gasteiger partial charge in [0.05, 0.1) is 11.3 Å². The Morgan fingerprint density at radius 2 is 2.29 bits per heavy atom. The van der Waals surface area contributed by atoms with Crippen molar-refractivity contribution in [2.24, 2.45) is 0 Å². The van der Waals surface area contributed by atoms with E-state index in [0.717, 1.165) is 16.4 Å². The van der Waals surface area contributed by atoms with Crippen molar-refractivity contribution >= 4 is 17.1 Å². The van der Waals surface area contributed by atoms with Crippen molar-refractivity contribution < 1.29 is 9.21 Å². The molecule has 2 nitrogen and oxygen atoms in total. The molecule has 2 aromatic heterocycles.